The van der Waals surface area contributed by atoms with E-state index >= 15 is 0 Å². The molecule has 1 aliphatic carbocycles. The second-order valence-corrected chi connectivity index (χ2v) is 5.24. The predicted octanol–water partition coefficient (Wildman–Crippen LogP) is 4.10. The van der Waals surface area contributed by atoms with Gasteiger partial charge in [0.25, 0.3) is 0 Å². The number of likely N-dealkylation sites (N-methyl/N-ethyl adjacent to an activating group) is 1. The molecule has 0 spiro atoms. The summed E-state index contributed by atoms with van der Waals surface area (Å²) >= 11 is 0. The molecule has 1 nitrogen and oxygen atoms in total. The van der Waals surface area contributed by atoms with Crippen LogP contribution in [0, 0.1) is 0 Å². The number of hydrogen-bond donors (Lipinski definition) is 1. The van der Waals surface area contributed by atoms with Gasteiger partial charge in [0, 0.05) is 6.04 Å². The van der Waals surface area contributed by atoms with Crippen LogP contribution in [0.3, 0.4) is 0 Å². The van der Waals surface area contributed by atoms with E-state index in [4.69, 9.17) is 0 Å². The molecule has 0 amide bonds. The fourth-order valence-corrected chi connectivity index (χ4v) is 2.85. The van der Waals surface area contributed by atoms with Crippen LogP contribution in [-0.4, -0.2) is 13.1 Å². The first-order valence-electron chi connectivity index (χ1n) is 7.30. The largest absolute Gasteiger partial charge is 0.313 e. The molecule has 0 radical (unpaired) electrons. The molecule has 1 unspecified atom stereocenters. The summed E-state index contributed by atoms with van der Waals surface area (Å²) in [7, 11) is 2.10. The molecule has 18 heavy (non-hydrogen) atoms. The van der Waals surface area contributed by atoms with Gasteiger partial charge in [-0.2, -0.15) is 0 Å². The second-order valence-electron chi connectivity index (χ2n) is 5.24. The number of hydrogen-bond acceptors (Lipinski definition) is 1. The molecule has 2 rings (SSSR count). The topological polar surface area (TPSA) is 12.0 Å². The van der Waals surface area contributed by atoms with Gasteiger partial charge in [-0.1, -0.05) is 42.0 Å². The molecule has 0 aliphatic heterocycles. The molecule has 1 atom stereocenters. The average Bonchev–Trinajstić information content (AvgIpc) is 2.46. The van der Waals surface area contributed by atoms with Crippen molar-refractivity contribution in [1.82, 2.24) is 5.32 Å². The summed E-state index contributed by atoms with van der Waals surface area (Å²) in [5, 5.41) is 3.49. The van der Waals surface area contributed by atoms with E-state index in [0.29, 0.717) is 6.04 Å². The minimum absolute atomic E-state index is 0.606. The lowest BCUT2D eigenvalue weighted by Gasteiger charge is -2.23. The second kappa shape index (κ2) is 7.38. The summed E-state index contributed by atoms with van der Waals surface area (Å²) in [6, 6.07) is 11.4. The maximum Gasteiger partial charge on any atom is 0.0276 e. The Hall–Kier alpha value is -1.08. The minimum Gasteiger partial charge on any atom is -0.313 e. The molecule has 1 N–H and O–H groups in total. The van der Waals surface area contributed by atoms with E-state index in [1.165, 1.54) is 50.5 Å². The van der Waals surface area contributed by atoms with Crippen molar-refractivity contribution in [3.05, 3.63) is 47.5 Å². The SMILES string of the molecule is CNC(CCCc1ccccc1)C1=CCCCC1. The van der Waals surface area contributed by atoms with Crippen molar-refractivity contribution >= 4 is 0 Å². The maximum atomic E-state index is 3.49. The van der Waals surface area contributed by atoms with Crippen LogP contribution in [0.5, 0.6) is 0 Å². The highest BCUT2D eigenvalue weighted by atomic mass is 14.9. The van der Waals surface area contributed by atoms with Crippen LogP contribution >= 0.6 is 0 Å². The normalized spacial score (nSPS) is 17.3. The minimum atomic E-state index is 0.606. The van der Waals surface area contributed by atoms with Gasteiger partial charge in [0.05, 0.1) is 0 Å². The van der Waals surface area contributed by atoms with Crippen LogP contribution < -0.4 is 5.32 Å². The van der Waals surface area contributed by atoms with Crippen molar-refractivity contribution in [2.75, 3.05) is 7.05 Å². The van der Waals surface area contributed by atoms with Gasteiger partial charge in [0.1, 0.15) is 0 Å². The summed E-state index contributed by atoms with van der Waals surface area (Å²) < 4.78 is 0. The maximum absolute atomic E-state index is 3.49. The molecule has 0 aromatic heterocycles. The van der Waals surface area contributed by atoms with Crippen molar-refractivity contribution in [1.29, 1.82) is 0 Å². The zero-order valence-electron chi connectivity index (χ0n) is 11.5. The van der Waals surface area contributed by atoms with Gasteiger partial charge in [0.2, 0.25) is 0 Å². The number of benzene rings is 1. The van der Waals surface area contributed by atoms with Crippen LogP contribution in [-0.2, 0) is 6.42 Å². The summed E-state index contributed by atoms with van der Waals surface area (Å²) in [5.41, 5.74) is 3.11. The number of aryl methyl sites for hydroxylation is 1. The first-order valence-corrected chi connectivity index (χ1v) is 7.30. The van der Waals surface area contributed by atoms with Gasteiger partial charge in [-0.3, -0.25) is 0 Å². The van der Waals surface area contributed by atoms with E-state index in [2.05, 4.69) is 48.8 Å². The van der Waals surface area contributed by atoms with Crippen molar-refractivity contribution < 1.29 is 0 Å². The summed E-state index contributed by atoms with van der Waals surface area (Å²) in [4.78, 5) is 0. The van der Waals surface area contributed by atoms with Crippen molar-refractivity contribution in [3.8, 4) is 0 Å². The Balaban J connectivity index is 1.79. The predicted molar refractivity (Wildman–Crippen MR) is 78.8 cm³/mol. The van der Waals surface area contributed by atoms with Crippen LogP contribution in [0.2, 0.25) is 0 Å². The lowest BCUT2D eigenvalue weighted by molar-refractivity contribution is 0.524. The molecule has 1 aromatic rings. The van der Waals surface area contributed by atoms with Crippen molar-refractivity contribution in [3.63, 3.8) is 0 Å². The Morgan fingerprint density at radius 3 is 2.67 bits per heavy atom. The number of rotatable bonds is 6. The zero-order chi connectivity index (χ0) is 12.6. The molecular weight excluding hydrogens is 218 g/mol. The molecule has 0 saturated carbocycles. The summed E-state index contributed by atoms with van der Waals surface area (Å²) in [6.07, 6.45) is 11.5. The number of allylic oxidation sites excluding steroid dienone is 1. The summed E-state index contributed by atoms with van der Waals surface area (Å²) in [6.45, 7) is 0. The molecule has 1 aromatic carbocycles. The van der Waals surface area contributed by atoms with E-state index in [0.717, 1.165) is 0 Å². The molecule has 1 aliphatic rings. The van der Waals surface area contributed by atoms with Crippen molar-refractivity contribution in [2.45, 2.75) is 51.0 Å². The lowest BCUT2D eigenvalue weighted by Crippen LogP contribution is -2.28. The first kappa shape index (κ1) is 13.4. The zero-order valence-corrected chi connectivity index (χ0v) is 11.5. The van der Waals surface area contributed by atoms with E-state index in [-0.39, 0.29) is 0 Å². The average molecular weight is 243 g/mol. The van der Waals surface area contributed by atoms with E-state index in [1.807, 2.05) is 0 Å². The third-order valence-corrected chi connectivity index (χ3v) is 3.92. The van der Waals surface area contributed by atoms with Crippen LogP contribution in [0.4, 0.5) is 0 Å². The van der Waals surface area contributed by atoms with Crippen LogP contribution in [0.25, 0.3) is 0 Å². The lowest BCUT2D eigenvalue weighted by atomic mass is 9.91. The molecule has 98 valence electrons. The van der Waals surface area contributed by atoms with E-state index in [1.54, 1.807) is 5.57 Å². The fraction of sp³-hybridized carbons (Fsp3) is 0.529. The Morgan fingerprint density at radius 2 is 2.00 bits per heavy atom. The standard InChI is InChI=1S/C17H25N/c1-18-17(16-12-6-3-7-13-16)14-8-11-15-9-4-2-5-10-15/h2,4-5,9-10,12,17-18H,3,6-8,11,13-14H2,1H3. The third-order valence-electron chi connectivity index (χ3n) is 3.92. The third kappa shape index (κ3) is 3.99. The molecule has 0 heterocycles. The monoisotopic (exact) mass is 243 g/mol. The highest BCUT2D eigenvalue weighted by Crippen LogP contribution is 2.22. The van der Waals surface area contributed by atoms with Gasteiger partial charge >= 0.3 is 0 Å². The van der Waals surface area contributed by atoms with Gasteiger partial charge in [-0.05, 0) is 57.6 Å². The van der Waals surface area contributed by atoms with Crippen LogP contribution in [0.1, 0.15) is 44.1 Å². The Bertz CT molecular complexity index is 366. The molecule has 0 saturated heterocycles. The van der Waals surface area contributed by atoms with Gasteiger partial charge in [-0.15, -0.1) is 0 Å². The fourth-order valence-electron chi connectivity index (χ4n) is 2.85. The molecule has 1 heteroatoms. The highest BCUT2D eigenvalue weighted by molar-refractivity contribution is 5.16. The van der Waals surface area contributed by atoms with Crippen LogP contribution in [0.15, 0.2) is 42.0 Å². The Morgan fingerprint density at radius 1 is 1.17 bits per heavy atom. The smallest absolute Gasteiger partial charge is 0.0276 e. The van der Waals surface area contributed by atoms with E-state index in [9.17, 15) is 0 Å². The molecule has 0 bridgehead atoms. The number of nitrogens with one attached hydrogen (secondary N) is 1. The Labute approximate surface area is 111 Å². The quantitative estimate of drug-likeness (QED) is 0.742. The Kier molecular flexibility index (Phi) is 5.47. The van der Waals surface area contributed by atoms with Gasteiger partial charge < -0.3 is 5.32 Å². The van der Waals surface area contributed by atoms with Gasteiger partial charge in [-0.25, -0.2) is 0 Å². The summed E-state index contributed by atoms with van der Waals surface area (Å²) in [5.74, 6) is 0. The first-order chi connectivity index (χ1) is 8.90. The van der Waals surface area contributed by atoms with E-state index < -0.39 is 0 Å². The van der Waals surface area contributed by atoms with Crippen molar-refractivity contribution in [2.24, 2.45) is 0 Å². The molecule has 0 fully saturated rings. The highest BCUT2D eigenvalue weighted by Gasteiger charge is 2.13. The molecular formula is C17H25N. The van der Waals surface area contributed by atoms with Gasteiger partial charge in [0.15, 0.2) is 0 Å².